The van der Waals surface area contributed by atoms with Crippen molar-refractivity contribution in [3.63, 3.8) is 0 Å². The third-order valence-corrected chi connectivity index (χ3v) is 5.26. The Morgan fingerprint density at radius 3 is 1.76 bits per heavy atom. The zero-order chi connectivity index (χ0) is 20.5. The summed E-state index contributed by atoms with van der Waals surface area (Å²) in [7, 11) is 0. The monoisotopic (exact) mass is 385 g/mol. The standard InChI is InChI=1S/C27H33N2/c1-4-6-19-28-25-17-10-8-14-22(25)23-16-12-13-21(3)27(23)24-15-9-11-18-26(24)29-20-7-5-2/h8-18,28-29H,3-7,19-20H2,1-2H3. The van der Waals surface area contributed by atoms with E-state index in [9.17, 15) is 0 Å². The number of rotatable bonds is 10. The van der Waals surface area contributed by atoms with Crippen LogP contribution in [0.5, 0.6) is 0 Å². The van der Waals surface area contributed by atoms with Gasteiger partial charge in [-0.15, -0.1) is 0 Å². The molecule has 0 saturated carbocycles. The van der Waals surface area contributed by atoms with Crippen LogP contribution in [-0.4, -0.2) is 13.1 Å². The van der Waals surface area contributed by atoms with E-state index < -0.39 is 0 Å². The first-order valence-electron chi connectivity index (χ1n) is 10.9. The Kier molecular flexibility index (Phi) is 7.75. The van der Waals surface area contributed by atoms with Gasteiger partial charge in [0.15, 0.2) is 0 Å². The van der Waals surface area contributed by atoms with Crippen molar-refractivity contribution in [1.29, 1.82) is 0 Å². The van der Waals surface area contributed by atoms with E-state index in [-0.39, 0.29) is 0 Å². The van der Waals surface area contributed by atoms with Gasteiger partial charge in [-0.3, -0.25) is 0 Å². The molecule has 0 aliphatic heterocycles. The Hall–Kier alpha value is -2.74. The Morgan fingerprint density at radius 1 is 0.621 bits per heavy atom. The van der Waals surface area contributed by atoms with Crippen LogP contribution >= 0.6 is 0 Å². The third kappa shape index (κ3) is 5.20. The molecule has 0 atom stereocenters. The van der Waals surface area contributed by atoms with E-state index in [0.29, 0.717) is 0 Å². The topological polar surface area (TPSA) is 24.1 Å². The van der Waals surface area contributed by atoms with Crippen molar-refractivity contribution in [2.75, 3.05) is 23.7 Å². The number of unbranched alkanes of at least 4 members (excludes halogenated alkanes) is 2. The van der Waals surface area contributed by atoms with Gasteiger partial charge in [0, 0.05) is 35.6 Å². The summed E-state index contributed by atoms with van der Waals surface area (Å²) in [6, 6.07) is 23.6. The largest absolute Gasteiger partial charge is 0.385 e. The summed E-state index contributed by atoms with van der Waals surface area (Å²) in [4.78, 5) is 0. The van der Waals surface area contributed by atoms with E-state index in [1.807, 2.05) is 0 Å². The molecule has 2 N–H and O–H groups in total. The van der Waals surface area contributed by atoms with Crippen LogP contribution in [0.15, 0.2) is 66.7 Å². The van der Waals surface area contributed by atoms with Crippen LogP contribution in [-0.2, 0) is 0 Å². The van der Waals surface area contributed by atoms with Crippen LogP contribution < -0.4 is 10.6 Å². The molecule has 0 unspecified atom stereocenters. The van der Waals surface area contributed by atoms with E-state index in [4.69, 9.17) is 0 Å². The van der Waals surface area contributed by atoms with Gasteiger partial charge in [0.1, 0.15) is 0 Å². The average molecular weight is 386 g/mol. The lowest BCUT2D eigenvalue weighted by molar-refractivity contribution is 0.834. The quantitative estimate of drug-likeness (QED) is 0.351. The first-order chi connectivity index (χ1) is 14.3. The zero-order valence-corrected chi connectivity index (χ0v) is 17.8. The Morgan fingerprint density at radius 2 is 1.14 bits per heavy atom. The minimum atomic E-state index is 0.983. The van der Waals surface area contributed by atoms with E-state index in [2.05, 4.69) is 98.1 Å². The highest BCUT2D eigenvalue weighted by atomic mass is 14.9. The van der Waals surface area contributed by atoms with E-state index in [1.54, 1.807) is 0 Å². The lowest BCUT2D eigenvalue weighted by atomic mass is 9.89. The van der Waals surface area contributed by atoms with Crippen molar-refractivity contribution in [2.45, 2.75) is 39.5 Å². The summed E-state index contributed by atoms with van der Waals surface area (Å²) in [6.45, 7) is 10.8. The summed E-state index contributed by atoms with van der Waals surface area (Å²) >= 11 is 0. The lowest BCUT2D eigenvalue weighted by Crippen LogP contribution is -2.04. The zero-order valence-electron chi connectivity index (χ0n) is 17.8. The van der Waals surface area contributed by atoms with Gasteiger partial charge in [-0.2, -0.15) is 0 Å². The molecule has 151 valence electrons. The first-order valence-corrected chi connectivity index (χ1v) is 10.9. The number of hydrogen-bond donors (Lipinski definition) is 2. The summed E-state index contributed by atoms with van der Waals surface area (Å²) in [5.41, 5.74) is 8.29. The molecule has 0 amide bonds. The molecule has 0 aliphatic carbocycles. The molecule has 1 radical (unpaired) electrons. The van der Waals surface area contributed by atoms with E-state index in [0.717, 1.165) is 25.1 Å². The molecule has 0 aliphatic rings. The van der Waals surface area contributed by atoms with Gasteiger partial charge >= 0.3 is 0 Å². The molecule has 2 nitrogen and oxygen atoms in total. The minimum Gasteiger partial charge on any atom is -0.385 e. The molecular formula is C27H33N2. The fourth-order valence-corrected chi connectivity index (χ4v) is 3.67. The summed E-state index contributed by atoms with van der Waals surface area (Å²) < 4.78 is 0. The highest BCUT2D eigenvalue weighted by Gasteiger charge is 2.15. The molecule has 0 fully saturated rings. The predicted molar refractivity (Wildman–Crippen MR) is 129 cm³/mol. The maximum Gasteiger partial charge on any atom is 0.0420 e. The molecule has 3 aromatic carbocycles. The number of hydrogen-bond acceptors (Lipinski definition) is 2. The van der Waals surface area contributed by atoms with Crippen LogP contribution in [0, 0.1) is 6.92 Å². The number of benzene rings is 3. The number of anilines is 2. The van der Waals surface area contributed by atoms with Gasteiger partial charge in [-0.1, -0.05) is 81.3 Å². The second-order valence-corrected chi connectivity index (χ2v) is 7.49. The van der Waals surface area contributed by atoms with Gasteiger partial charge in [-0.25, -0.2) is 0 Å². The second-order valence-electron chi connectivity index (χ2n) is 7.49. The van der Waals surface area contributed by atoms with Crippen molar-refractivity contribution >= 4 is 11.4 Å². The maximum absolute atomic E-state index is 4.38. The molecular weight excluding hydrogens is 352 g/mol. The van der Waals surface area contributed by atoms with Gasteiger partial charge in [0.25, 0.3) is 0 Å². The number of nitrogens with one attached hydrogen (secondary N) is 2. The van der Waals surface area contributed by atoms with Gasteiger partial charge < -0.3 is 10.6 Å². The van der Waals surface area contributed by atoms with Crippen LogP contribution in [0.3, 0.4) is 0 Å². The normalized spacial score (nSPS) is 10.7. The maximum atomic E-state index is 4.38. The van der Waals surface area contributed by atoms with Crippen LogP contribution in [0.4, 0.5) is 11.4 Å². The summed E-state index contributed by atoms with van der Waals surface area (Å²) in [5, 5.41) is 7.26. The van der Waals surface area contributed by atoms with Crippen molar-refractivity contribution < 1.29 is 0 Å². The van der Waals surface area contributed by atoms with Gasteiger partial charge in [0.2, 0.25) is 0 Å². The Bertz CT molecular complexity index is 914. The Labute approximate surface area is 176 Å². The minimum absolute atomic E-state index is 0.983. The smallest absolute Gasteiger partial charge is 0.0420 e. The summed E-state index contributed by atoms with van der Waals surface area (Å²) in [6.07, 6.45) is 4.70. The SMILES string of the molecule is [CH2]c1cccc(-c2ccccc2NCCCC)c1-c1ccccc1NCCCC. The molecule has 3 rings (SSSR count). The fourth-order valence-electron chi connectivity index (χ4n) is 3.67. The highest BCUT2D eigenvalue weighted by molar-refractivity contribution is 5.94. The predicted octanol–water partition coefficient (Wildman–Crippen LogP) is 7.63. The van der Waals surface area contributed by atoms with E-state index in [1.165, 1.54) is 52.9 Å². The van der Waals surface area contributed by atoms with Crippen molar-refractivity contribution in [2.24, 2.45) is 0 Å². The molecule has 0 saturated heterocycles. The summed E-state index contributed by atoms with van der Waals surface area (Å²) in [5.74, 6) is 0. The molecule has 29 heavy (non-hydrogen) atoms. The van der Waals surface area contributed by atoms with Crippen molar-refractivity contribution in [3.8, 4) is 22.3 Å². The molecule has 0 bridgehead atoms. The highest BCUT2D eigenvalue weighted by Crippen LogP contribution is 2.40. The lowest BCUT2D eigenvalue weighted by Gasteiger charge is -2.20. The van der Waals surface area contributed by atoms with E-state index >= 15 is 0 Å². The second kappa shape index (κ2) is 10.7. The van der Waals surface area contributed by atoms with Gasteiger partial charge in [0.05, 0.1) is 0 Å². The van der Waals surface area contributed by atoms with Crippen molar-refractivity contribution in [1.82, 2.24) is 0 Å². The Balaban J connectivity index is 2.07. The fraction of sp³-hybridized carbons (Fsp3) is 0.296. The molecule has 0 aromatic heterocycles. The average Bonchev–Trinajstić information content (AvgIpc) is 2.75. The molecule has 0 heterocycles. The molecule has 3 aromatic rings. The first kappa shape index (κ1) is 21.0. The van der Waals surface area contributed by atoms with Crippen LogP contribution in [0.2, 0.25) is 0 Å². The van der Waals surface area contributed by atoms with Crippen LogP contribution in [0.1, 0.15) is 45.1 Å². The third-order valence-electron chi connectivity index (χ3n) is 5.26. The van der Waals surface area contributed by atoms with Gasteiger partial charge in [-0.05, 0) is 48.6 Å². The molecule has 0 spiro atoms. The van der Waals surface area contributed by atoms with Crippen molar-refractivity contribution in [3.05, 3.63) is 79.2 Å². The van der Waals surface area contributed by atoms with Crippen LogP contribution in [0.25, 0.3) is 22.3 Å². The molecule has 2 heteroatoms. The number of para-hydroxylation sites is 2.